The highest BCUT2D eigenvalue weighted by molar-refractivity contribution is 5.92. The van der Waals surface area contributed by atoms with E-state index in [-0.39, 0.29) is 12.3 Å². The number of aliphatic carboxylic acids is 1. The van der Waals surface area contributed by atoms with Crippen LogP contribution in [0.1, 0.15) is 29.4 Å². The quantitative estimate of drug-likeness (QED) is 0.749. The lowest BCUT2D eigenvalue weighted by atomic mass is 10.0. The number of carboxylic acid groups (broad SMARTS) is 1. The Kier molecular flexibility index (Phi) is 6.48. The second-order valence-corrected chi connectivity index (χ2v) is 6.79. The number of aromatic nitrogens is 2. The smallest absolute Gasteiger partial charge is 0.408 e. The number of benzene rings is 1. The van der Waals surface area contributed by atoms with Gasteiger partial charge >= 0.3 is 12.1 Å². The van der Waals surface area contributed by atoms with Gasteiger partial charge in [0.25, 0.3) is 0 Å². The fourth-order valence-corrected chi connectivity index (χ4v) is 2.84. The largest absolute Gasteiger partial charge is 0.481 e. The molecule has 0 saturated heterocycles. The van der Waals surface area contributed by atoms with Gasteiger partial charge in [-0.25, -0.2) is 0 Å². The summed E-state index contributed by atoms with van der Waals surface area (Å²) in [5, 5.41) is 15.5. The number of amides is 1. The van der Waals surface area contributed by atoms with Crippen molar-refractivity contribution in [2.75, 3.05) is 5.32 Å². The molecule has 0 spiro atoms. The summed E-state index contributed by atoms with van der Waals surface area (Å²) in [5.41, 5.74) is 2.51. The van der Waals surface area contributed by atoms with E-state index in [1.54, 1.807) is 38.1 Å². The average Bonchev–Trinajstić information content (AvgIpc) is 2.82. The number of carboxylic acids is 1. The molecule has 1 amide bonds. The predicted molar refractivity (Wildman–Crippen MR) is 97.0 cm³/mol. The van der Waals surface area contributed by atoms with E-state index in [0.29, 0.717) is 29.1 Å². The molecule has 1 heterocycles. The van der Waals surface area contributed by atoms with Crippen molar-refractivity contribution in [3.63, 3.8) is 0 Å². The minimum atomic E-state index is -4.39. The Morgan fingerprint density at radius 3 is 2.36 bits per heavy atom. The number of nitrogens with zero attached hydrogens (tertiary/aromatic N) is 2. The van der Waals surface area contributed by atoms with Crippen molar-refractivity contribution in [1.82, 2.24) is 9.78 Å². The molecule has 0 aliphatic rings. The number of nitrogens with one attached hydrogen (secondary N) is 1. The first-order valence-corrected chi connectivity index (χ1v) is 8.67. The molecule has 1 aromatic carbocycles. The van der Waals surface area contributed by atoms with Crippen LogP contribution in [0, 0.1) is 19.8 Å². The molecule has 6 nitrogen and oxygen atoms in total. The molecule has 0 saturated carbocycles. The van der Waals surface area contributed by atoms with Crippen LogP contribution in [0.15, 0.2) is 24.3 Å². The zero-order valence-corrected chi connectivity index (χ0v) is 15.8. The van der Waals surface area contributed by atoms with Crippen molar-refractivity contribution in [1.29, 1.82) is 0 Å². The summed E-state index contributed by atoms with van der Waals surface area (Å²) in [6, 6.07) is 6.78. The normalized spacial score (nSPS) is 12.6. The van der Waals surface area contributed by atoms with Gasteiger partial charge in [0, 0.05) is 16.9 Å². The van der Waals surface area contributed by atoms with Crippen molar-refractivity contribution in [3.05, 3.63) is 46.8 Å². The van der Waals surface area contributed by atoms with Crippen molar-refractivity contribution in [3.8, 4) is 0 Å². The molecule has 152 valence electrons. The van der Waals surface area contributed by atoms with E-state index in [2.05, 4.69) is 10.4 Å². The summed E-state index contributed by atoms with van der Waals surface area (Å²) in [6.07, 6.45) is -4.10. The minimum absolute atomic E-state index is 0.0900. The monoisotopic (exact) mass is 397 g/mol. The van der Waals surface area contributed by atoms with Crippen LogP contribution in [0.25, 0.3) is 0 Å². The average molecular weight is 397 g/mol. The number of hydrogen-bond acceptors (Lipinski definition) is 3. The van der Waals surface area contributed by atoms with Gasteiger partial charge in [0.05, 0.1) is 18.0 Å². The molecule has 28 heavy (non-hydrogen) atoms. The molecule has 0 aliphatic carbocycles. The molecule has 1 aromatic heterocycles. The van der Waals surface area contributed by atoms with Crippen molar-refractivity contribution in [2.45, 2.75) is 46.3 Å². The summed E-state index contributed by atoms with van der Waals surface area (Å²) in [4.78, 5) is 23.2. The Morgan fingerprint density at radius 2 is 1.82 bits per heavy atom. The second-order valence-electron chi connectivity index (χ2n) is 6.79. The number of halogens is 3. The van der Waals surface area contributed by atoms with Crippen LogP contribution < -0.4 is 5.32 Å². The number of carbonyl (C=O) groups excluding carboxylic acids is 1. The molecular weight excluding hydrogens is 375 g/mol. The maximum atomic E-state index is 12.6. The molecule has 0 aliphatic heterocycles. The Hall–Kier alpha value is -2.84. The van der Waals surface area contributed by atoms with Crippen LogP contribution >= 0.6 is 0 Å². The van der Waals surface area contributed by atoms with Gasteiger partial charge in [0.1, 0.15) is 6.54 Å². The molecule has 2 N–H and O–H groups in total. The Morgan fingerprint density at radius 1 is 1.21 bits per heavy atom. The SMILES string of the molecule is Cc1nn(CC(F)(F)F)c(C)c1CC(=O)Nc1ccc(CC(C)C(=O)O)cc1. The summed E-state index contributed by atoms with van der Waals surface area (Å²) in [6.45, 7) is 3.49. The number of carbonyl (C=O) groups is 2. The first-order valence-electron chi connectivity index (χ1n) is 8.67. The van der Waals surface area contributed by atoms with Gasteiger partial charge < -0.3 is 10.4 Å². The molecule has 1 unspecified atom stereocenters. The number of rotatable bonds is 7. The molecular formula is C19H22F3N3O3. The Labute approximate surface area is 160 Å². The van der Waals surface area contributed by atoms with E-state index in [4.69, 9.17) is 5.11 Å². The van der Waals surface area contributed by atoms with Gasteiger partial charge in [-0.15, -0.1) is 0 Å². The first-order chi connectivity index (χ1) is 13.0. The predicted octanol–water partition coefficient (Wildman–Crippen LogP) is 3.51. The minimum Gasteiger partial charge on any atom is -0.481 e. The molecule has 2 rings (SSSR count). The topological polar surface area (TPSA) is 84.2 Å². The molecule has 0 radical (unpaired) electrons. The van der Waals surface area contributed by atoms with Crippen LogP contribution in [-0.4, -0.2) is 32.9 Å². The number of hydrogen-bond donors (Lipinski definition) is 2. The van der Waals surface area contributed by atoms with E-state index in [1.165, 1.54) is 6.92 Å². The van der Waals surface area contributed by atoms with Crippen LogP contribution in [0.2, 0.25) is 0 Å². The van der Waals surface area contributed by atoms with Gasteiger partial charge in [-0.3, -0.25) is 14.3 Å². The second kappa shape index (κ2) is 8.45. The third kappa shape index (κ3) is 5.83. The molecule has 0 bridgehead atoms. The van der Waals surface area contributed by atoms with Crippen LogP contribution in [0.5, 0.6) is 0 Å². The highest BCUT2D eigenvalue weighted by Gasteiger charge is 2.30. The third-order valence-electron chi connectivity index (χ3n) is 4.40. The lowest BCUT2D eigenvalue weighted by Gasteiger charge is -2.10. The molecule has 9 heteroatoms. The fraction of sp³-hybridized carbons (Fsp3) is 0.421. The maximum Gasteiger partial charge on any atom is 0.408 e. The van der Waals surface area contributed by atoms with Gasteiger partial charge in [-0.05, 0) is 38.0 Å². The van der Waals surface area contributed by atoms with Crippen molar-refractivity contribution >= 4 is 17.6 Å². The van der Waals surface area contributed by atoms with Gasteiger partial charge in [0.2, 0.25) is 5.91 Å². The van der Waals surface area contributed by atoms with E-state index in [0.717, 1.165) is 10.2 Å². The van der Waals surface area contributed by atoms with Crippen molar-refractivity contribution < 1.29 is 27.9 Å². The van der Waals surface area contributed by atoms with Crippen LogP contribution in [0.4, 0.5) is 18.9 Å². The highest BCUT2D eigenvalue weighted by atomic mass is 19.4. The standard InChI is InChI=1S/C19H22F3N3O3/c1-11(18(27)28)8-14-4-6-15(7-5-14)23-17(26)9-16-12(2)24-25(13(16)3)10-19(20,21)22/h4-7,11H,8-10H2,1-3H3,(H,23,26)(H,27,28). The van der Waals surface area contributed by atoms with E-state index in [9.17, 15) is 22.8 Å². The lowest BCUT2D eigenvalue weighted by Crippen LogP contribution is -2.20. The summed E-state index contributed by atoms with van der Waals surface area (Å²) < 4.78 is 38.6. The third-order valence-corrected chi connectivity index (χ3v) is 4.40. The summed E-state index contributed by atoms with van der Waals surface area (Å²) in [5.74, 6) is -1.77. The number of aryl methyl sites for hydroxylation is 1. The zero-order chi connectivity index (χ0) is 21.1. The van der Waals surface area contributed by atoms with E-state index < -0.39 is 24.6 Å². The Bertz CT molecular complexity index is 858. The Balaban J connectivity index is 2.02. The van der Waals surface area contributed by atoms with Gasteiger partial charge in [-0.1, -0.05) is 19.1 Å². The van der Waals surface area contributed by atoms with Gasteiger partial charge in [-0.2, -0.15) is 18.3 Å². The summed E-state index contributed by atoms with van der Waals surface area (Å²) in [7, 11) is 0. The van der Waals surface area contributed by atoms with Crippen LogP contribution in [0.3, 0.4) is 0 Å². The maximum absolute atomic E-state index is 12.6. The number of alkyl halides is 3. The van der Waals surface area contributed by atoms with E-state index >= 15 is 0 Å². The summed E-state index contributed by atoms with van der Waals surface area (Å²) >= 11 is 0. The molecule has 1 atom stereocenters. The van der Waals surface area contributed by atoms with Crippen molar-refractivity contribution in [2.24, 2.45) is 5.92 Å². The van der Waals surface area contributed by atoms with E-state index in [1.807, 2.05) is 0 Å². The van der Waals surface area contributed by atoms with Gasteiger partial charge in [0.15, 0.2) is 0 Å². The fourth-order valence-electron chi connectivity index (χ4n) is 2.84. The zero-order valence-electron chi connectivity index (χ0n) is 15.8. The van der Waals surface area contributed by atoms with Crippen LogP contribution in [-0.2, 0) is 29.0 Å². The number of anilines is 1. The first kappa shape index (κ1) is 21.5. The molecule has 2 aromatic rings. The highest BCUT2D eigenvalue weighted by Crippen LogP contribution is 2.22. The lowest BCUT2D eigenvalue weighted by molar-refractivity contribution is -0.143. The molecule has 0 fully saturated rings.